The normalized spacial score (nSPS) is 11.6. The van der Waals surface area contributed by atoms with Crippen LogP contribution in [0.5, 0.6) is 5.75 Å². The maximum atomic E-state index is 11.2. The maximum absolute atomic E-state index is 11.2. The smallest absolute Gasteiger partial charge is 0.340 e. The zero-order valence-corrected chi connectivity index (χ0v) is 16.8. The molecule has 3 heteroatoms. The van der Waals surface area contributed by atoms with Gasteiger partial charge in [0.15, 0.2) is 0 Å². The molecule has 1 rings (SSSR count). The summed E-state index contributed by atoms with van der Waals surface area (Å²) in [5.74, 6) is -1.31. The van der Waals surface area contributed by atoms with Gasteiger partial charge in [0.25, 0.3) is 0 Å². The molecule has 0 heterocycles. The summed E-state index contributed by atoms with van der Waals surface area (Å²) >= 11 is 0. The van der Waals surface area contributed by atoms with Gasteiger partial charge in [-0.1, -0.05) is 108 Å². The highest BCUT2D eigenvalue weighted by atomic mass is 16.4. The van der Waals surface area contributed by atoms with Gasteiger partial charge in [0.1, 0.15) is 11.3 Å². The molecule has 0 saturated heterocycles. The van der Waals surface area contributed by atoms with Gasteiger partial charge >= 0.3 is 5.97 Å². The molecule has 3 nitrogen and oxygen atoms in total. The lowest BCUT2D eigenvalue weighted by Gasteiger charge is -2.02. The third-order valence-electron chi connectivity index (χ3n) is 4.79. The standard InChI is InChI=1S/C24H36O3/c1-2-3-4-5-6-7-8-9-10-11-12-13-14-15-16-18-21-19-17-20-22(25)23(21)24(26)27/h14-20,25H,2-13H2,1H3,(H,26,27). The molecule has 0 fully saturated rings. The molecule has 0 amide bonds. The second-order valence-corrected chi connectivity index (χ2v) is 7.16. The highest BCUT2D eigenvalue weighted by molar-refractivity contribution is 5.95. The minimum absolute atomic E-state index is 0.0486. The Hall–Kier alpha value is -2.03. The lowest BCUT2D eigenvalue weighted by atomic mass is 10.0. The van der Waals surface area contributed by atoms with Gasteiger partial charge in [-0.3, -0.25) is 0 Å². The van der Waals surface area contributed by atoms with E-state index in [1.165, 1.54) is 76.7 Å². The van der Waals surface area contributed by atoms with E-state index in [4.69, 9.17) is 5.11 Å². The highest BCUT2D eigenvalue weighted by Gasteiger charge is 2.12. The minimum Gasteiger partial charge on any atom is -0.507 e. The second-order valence-electron chi connectivity index (χ2n) is 7.16. The summed E-state index contributed by atoms with van der Waals surface area (Å²) in [5.41, 5.74) is 0.467. The Balaban J connectivity index is 2.09. The molecule has 0 aliphatic carbocycles. The molecule has 1 aromatic rings. The lowest BCUT2D eigenvalue weighted by Crippen LogP contribution is -1.99. The molecule has 1 aromatic carbocycles. The number of aromatic hydroxyl groups is 1. The van der Waals surface area contributed by atoms with Crippen LogP contribution in [-0.4, -0.2) is 16.2 Å². The van der Waals surface area contributed by atoms with E-state index in [0.29, 0.717) is 5.56 Å². The molecule has 2 N–H and O–H groups in total. The quantitative estimate of drug-likeness (QED) is 0.250. The van der Waals surface area contributed by atoms with E-state index in [2.05, 4.69) is 13.0 Å². The van der Waals surface area contributed by atoms with Crippen molar-refractivity contribution in [2.45, 2.75) is 84.0 Å². The first-order valence-electron chi connectivity index (χ1n) is 10.5. The minimum atomic E-state index is -1.11. The number of unbranched alkanes of at least 4 members (excludes halogenated alkanes) is 11. The van der Waals surface area contributed by atoms with Gasteiger partial charge in [-0.25, -0.2) is 4.79 Å². The molecular formula is C24H36O3. The number of carboxylic acid groups (broad SMARTS) is 1. The first kappa shape index (κ1) is 23.0. The number of phenols is 1. The Bertz CT molecular complexity index is 587. The fraction of sp³-hybridized carbons (Fsp3) is 0.542. The molecule has 0 saturated carbocycles. The van der Waals surface area contributed by atoms with Crippen molar-refractivity contribution in [2.75, 3.05) is 0 Å². The van der Waals surface area contributed by atoms with E-state index < -0.39 is 5.97 Å². The Morgan fingerprint density at radius 2 is 1.48 bits per heavy atom. The van der Waals surface area contributed by atoms with Crippen molar-refractivity contribution in [2.24, 2.45) is 0 Å². The van der Waals surface area contributed by atoms with Crippen molar-refractivity contribution < 1.29 is 15.0 Å². The molecule has 150 valence electrons. The van der Waals surface area contributed by atoms with Crippen molar-refractivity contribution in [1.82, 2.24) is 0 Å². The fourth-order valence-electron chi connectivity index (χ4n) is 3.19. The van der Waals surface area contributed by atoms with Crippen LogP contribution in [0.25, 0.3) is 6.08 Å². The summed E-state index contributed by atoms with van der Waals surface area (Å²) in [5, 5.41) is 18.8. The zero-order valence-electron chi connectivity index (χ0n) is 16.8. The van der Waals surface area contributed by atoms with Crippen LogP contribution in [0.15, 0.2) is 36.4 Å². The molecule has 0 bridgehead atoms. The first-order valence-corrected chi connectivity index (χ1v) is 10.5. The number of hydrogen-bond acceptors (Lipinski definition) is 2. The Labute approximate surface area is 164 Å². The Kier molecular flexibility index (Phi) is 12.8. The van der Waals surface area contributed by atoms with Gasteiger partial charge in [-0.05, 0) is 24.5 Å². The van der Waals surface area contributed by atoms with Gasteiger partial charge in [0.2, 0.25) is 0 Å². The van der Waals surface area contributed by atoms with E-state index in [0.717, 1.165) is 6.42 Å². The topological polar surface area (TPSA) is 57.5 Å². The van der Waals surface area contributed by atoms with E-state index in [-0.39, 0.29) is 11.3 Å². The molecule has 27 heavy (non-hydrogen) atoms. The third kappa shape index (κ3) is 10.6. The summed E-state index contributed by atoms with van der Waals surface area (Å²) < 4.78 is 0. The van der Waals surface area contributed by atoms with Gasteiger partial charge in [-0.15, -0.1) is 0 Å². The van der Waals surface area contributed by atoms with Gasteiger partial charge in [0.05, 0.1) is 0 Å². The van der Waals surface area contributed by atoms with Crippen LogP contribution in [0.2, 0.25) is 0 Å². The molecular weight excluding hydrogens is 336 g/mol. The Morgan fingerprint density at radius 1 is 0.889 bits per heavy atom. The predicted octanol–water partition coefficient (Wildman–Crippen LogP) is 7.36. The van der Waals surface area contributed by atoms with Gasteiger partial charge in [0, 0.05) is 0 Å². The SMILES string of the molecule is CCCCCCCCCCCCCC=CC=Cc1cccc(O)c1C(=O)O. The summed E-state index contributed by atoms with van der Waals surface area (Å²) in [6.07, 6.45) is 23.5. The van der Waals surface area contributed by atoms with Crippen LogP contribution in [-0.2, 0) is 0 Å². The van der Waals surface area contributed by atoms with Crippen LogP contribution < -0.4 is 0 Å². The molecule has 0 spiro atoms. The van der Waals surface area contributed by atoms with Crippen molar-refractivity contribution in [3.05, 3.63) is 47.6 Å². The molecule has 0 unspecified atom stereocenters. The zero-order chi connectivity index (χ0) is 19.7. The fourth-order valence-corrected chi connectivity index (χ4v) is 3.19. The Morgan fingerprint density at radius 3 is 2.07 bits per heavy atom. The van der Waals surface area contributed by atoms with Crippen LogP contribution >= 0.6 is 0 Å². The summed E-state index contributed by atoms with van der Waals surface area (Å²) in [7, 11) is 0. The molecule has 0 aromatic heterocycles. The van der Waals surface area contributed by atoms with Gasteiger partial charge < -0.3 is 10.2 Å². The van der Waals surface area contributed by atoms with Crippen LogP contribution in [0.3, 0.4) is 0 Å². The summed E-state index contributed by atoms with van der Waals surface area (Å²) in [6.45, 7) is 2.26. The molecule has 0 aliphatic rings. The predicted molar refractivity (Wildman–Crippen MR) is 114 cm³/mol. The number of benzene rings is 1. The number of carbonyl (C=O) groups is 1. The van der Waals surface area contributed by atoms with Crippen molar-refractivity contribution in [3.63, 3.8) is 0 Å². The highest BCUT2D eigenvalue weighted by Crippen LogP contribution is 2.22. The summed E-state index contributed by atoms with van der Waals surface area (Å²) in [6, 6.07) is 4.73. The number of aromatic carboxylic acids is 1. The van der Waals surface area contributed by atoms with Crippen molar-refractivity contribution in [1.29, 1.82) is 0 Å². The second kappa shape index (κ2) is 15.1. The van der Waals surface area contributed by atoms with Gasteiger partial charge in [-0.2, -0.15) is 0 Å². The number of carboxylic acids is 1. The average molecular weight is 373 g/mol. The van der Waals surface area contributed by atoms with E-state index in [1.54, 1.807) is 18.2 Å². The summed E-state index contributed by atoms with van der Waals surface area (Å²) in [4.78, 5) is 11.2. The van der Waals surface area contributed by atoms with Crippen LogP contribution in [0.1, 0.15) is 99.9 Å². The monoisotopic (exact) mass is 372 g/mol. The number of rotatable bonds is 15. The third-order valence-corrected chi connectivity index (χ3v) is 4.79. The van der Waals surface area contributed by atoms with E-state index in [1.807, 2.05) is 12.2 Å². The van der Waals surface area contributed by atoms with E-state index in [9.17, 15) is 9.90 Å². The lowest BCUT2D eigenvalue weighted by molar-refractivity contribution is 0.0693. The maximum Gasteiger partial charge on any atom is 0.340 e. The van der Waals surface area contributed by atoms with Crippen LogP contribution in [0.4, 0.5) is 0 Å². The van der Waals surface area contributed by atoms with Crippen molar-refractivity contribution in [3.8, 4) is 5.75 Å². The number of hydrogen-bond donors (Lipinski definition) is 2. The molecule has 0 aliphatic heterocycles. The molecule has 0 radical (unpaired) electrons. The van der Waals surface area contributed by atoms with E-state index >= 15 is 0 Å². The van der Waals surface area contributed by atoms with Crippen molar-refractivity contribution >= 4 is 12.0 Å². The van der Waals surface area contributed by atoms with Crippen LogP contribution in [0, 0.1) is 0 Å². The average Bonchev–Trinajstić information content (AvgIpc) is 2.64. The molecule has 0 atom stereocenters. The number of allylic oxidation sites excluding steroid dienone is 3. The largest absolute Gasteiger partial charge is 0.507 e. The first-order chi connectivity index (χ1) is 13.2.